The summed E-state index contributed by atoms with van der Waals surface area (Å²) in [6, 6.07) is 3.87. The van der Waals surface area contributed by atoms with E-state index in [-0.39, 0.29) is 29.9 Å². The van der Waals surface area contributed by atoms with Gasteiger partial charge < -0.3 is 20.4 Å². The molecule has 0 bridgehead atoms. The zero-order valence-electron chi connectivity index (χ0n) is 12.5. The van der Waals surface area contributed by atoms with Gasteiger partial charge in [-0.05, 0) is 42.9 Å². The lowest BCUT2D eigenvalue weighted by Gasteiger charge is -2.31. The second-order valence-corrected chi connectivity index (χ2v) is 5.81. The summed E-state index contributed by atoms with van der Waals surface area (Å²) in [5.74, 6) is -7.48. The van der Waals surface area contributed by atoms with E-state index < -0.39 is 35.7 Å². The molecule has 0 aromatic heterocycles. The van der Waals surface area contributed by atoms with Crippen LogP contribution < -0.4 is 0 Å². The van der Waals surface area contributed by atoms with Crippen LogP contribution >= 0.6 is 0 Å². The standard InChI is InChI=1S/C16H16O8/c17-13(18)9-3-1-7(5-11(9)15(21)22)8-2-4-10(14(19)20)12(6-8)16(23)24/h1,3,5,8,10,12H,2,4,6H2,(H,17,18)(H,19,20)(H,21,22)(H,23,24). The number of benzene rings is 1. The molecule has 128 valence electrons. The van der Waals surface area contributed by atoms with Crippen LogP contribution in [0.1, 0.15) is 51.5 Å². The minimum atomic E-state index is -1.39. The molecule has 1 aromatic rings. The number of aromatic carboxylic acids is 2. The van der Waals surface area contributed by atoms with Gasteiger partial charge in [-0.1, -0.05) is 6.07 Å². The topological polar surface area (TPSA) is 149 Å². The molecule has 2 rings (SSSR count). The van der Waals surface area contributed by atoms with Crippen molar-refractivity contribution in [3.8, 4) is 0 Å². The van der Waals surface area contributed by atoms with Crippen LogP contribution in [0.2, 0.25) is 0 Å². The quantitative estimate of drug-likeness (QED) is 0.635. The monoisotopic (exact) mass is 336 g/mol. The number of hydrogen-bond acceptors (Lipinski definition) is 4. The zero-order chi connectivity index (χ0) is 18.0. The average molecular weight is 336 g/mol. The minimum Gasteiger partial charge on any atom is -0.481 e. The maximum Gasteiger partial charge on any atom is 0.336 e. The third-order valence-electron chi connectivity index (χ3n) is 4.46. The third kappa shape index (κ3) is 3.37. The van der Waals surface area contributed by atoms with Gasteiger partial charge in [0.2, 0.25) is 0 Å². The molecule has 1 aliphatic rings. The van der Waals surface area contributed by atoms with Gasteiger partial charge >= 0.3 is 23.9 Å². The van der Waals surface area contributed by atoms with E-state index in [9.17, 15) is 24.3 Å². The highest BCUT2D eigenvalue weighted by Gasteiger charge is 2.40. The van der Waals surface area contributed by atoms with Gasteiger partial charge in [0.1, 0.15) is 0 Å². The second kappa shape index (κ2) is 6.69. The first-order chi connectivity index (χ1) is 11.2. The first-order valence-electron chi connectivity index (χ1n) is 7.28. The predicted octanol–water partition coefficient (Wildman–Crippen LogP) is 1.75. The molecule has 8 nitrogen and oxygen atoms in total. The van der Waals surface area contributed by atoms with Gasteiger partial charge in [-0.2, -0.15) is 0 Å². The van der Waals surface area contributed by atoms with Gasteiger partial charge in [0.25, 0.3) is 0 Å². The number of carboxylic acid groups (broad SMARTS) is 4. The summed E-state index contributed by atoms with van der Waals surface area (Å²) in [6.45, 7) is 0. The lowest BCUT2D eigenvalue weighted by atomic mass is 9.71. The van der Waals surface area contributed by atoms with E-state index in [1.165, 1.54) is 18.2 Å². The van der Waals surface area contributed by atoms with Crippen LogP contribution in [0.4, 0.5) is 0 Å². The van der Waals surface area contributed by atoms with Crippen molar-refractivity contribution in [2.75, 3.05) is 0 Å². The highest BCUT2D eigenvalue weighted by atomic mass is 16.4. The van der Waals surface area contributed by atoms with Gasteiger partial charge in [0.15, 0.2) is 0 Å². The van der Waals surface area contributed by atoms with E-state index in [1.54, 1.807) is 0 Å². The Morgan fingerprint density at radius 2 is 1.38 bits per heavy atom. The molecule has 1 saturated carbocycles. The molecular formula is C16H16O8. The molecule has 3 atom stereocenters. The Bertz CT molecular complexity index is 708. The van der Waals surface area contributed by atoms with Crippen molar-refractivity contribution in [2.45, 2.75) is 25.2 Å². The van der Waals surface area contributed by atoms with E-state index in [0.29, 0.717) is 12.0 Å². The average Bonchev–Trinajstić information content (AvgIpc) is 2.53. The zero-order valence-corrected chi connectivity index (χ0v) is 12.5. The van der Waals surface area contributed by atoms with Crippen molar-refractivity contribution in [2.24, 2.45) is 11.8 Å². The maximum absolute atomic E-state index is 11.3. The fourth-order valence-electron chi connectivity index (χ4n) is 3.22. The van der Waals surface area contributed by atoms with E-state index >= 15 is 0 Å². The molecule has 3 unspecified atom stereocenters. The van der Waals surface area contributed by atoms with Gasteiger partial charge in [-0.25, -0.2) is 9.59 Å². The lowest BCUT2D eigenvalue weighted by Crippen LogP contribution is -2.35. The summed E-state index contributed by atoms with van der Waals surface area (Å²) in [5, 5.41) is 36.5. The van der Waals surface area contributed by atoms with Gasteiger partial charge in [-0.15, -0.1) is 0 Å². The summed E-state index contributed by atoms with van der Waals surface area (Å²) in [5.41, 5.74) is -0.208. The normalized spacial score (nSPS) is 23.4. The molecule has 1 aromatic carbocycles. The molecule has 0 amide bonds. The smallest absolute Gasteiger partial charge is 0.336 e. The van der Waals surface area contributed by atoms with Crippen LogP contribution in [-0.2, 0) is 9.59 Å². The number of rotatable bonds is 5. The molecule has 8 heteroatoms. The first-order valence-corrected chi connectivity index (χ1v) is 7.28. The number of carboxylic acids is 4. The second-order valence-electron chi connectivity index (χ2n) is 5.81. The third-order valence-corrected chi connectivity index (χ3v) is 4.46. The van der Waals surface area contributed by atoms with E-state index in [0.717, 1.165) is 0 Å². The molecule has 0 saturated heterocycles. The molecule has 0 aliphatic heterocycles. The van der Waals surface area contributed by atoms with Crippen LogP contribution in [0.5, 0.6) is 0 Å². The van der Waals surface area contributed by atoms with E-state index in [2.05, 4.69) is 0 Å². The van der Waals surface area contributed by atoms with Crippen molar-refractivity contribution < 1.29 is 39.6 Å². The molecule has 24 heavy (non-hydrogen) atoms. The Morgan fingerprint density at radius 3 is 1.88 bits per heavy atom. The van der Waals surface area contributed by atoms with Crippen molar-refractivity contribution in [3.63, 3.8) is 0 Å². The molecule has 0 spiro atoms. The summed E-state index contributed by atoms with van der Waals surface area (Å²) >= 11 is 0. The predicted molar refractivity (Wildman–Crippen MR) is 79.2 cm³/mol. The van der Waals surface area contributed by atoms with Crippen LogP contribution in [0.25, 0.3) is 0 Å². The van der Waals surface area contributed by atoms with Crippen molar-refractivity contribution in [1.82, 2.24) is 0 Å². The van der Waals surface area contributed by atoms with Crippen molar-refractivity contribution in [1.29, 1.82) is 0 Å². The molecule has 4 N–H and O–H groups in total. The maximum atomic E-state index is 11.3. The Hall–Kier alpha value is -2.90. The summed E-state index contributed by atoms with van der Waals surface area (Å²) in [7, 11) is 0. The fraction of sp³-hybridized carbons (Fsp3) is 0.375. The summed E-state index contributed by atoms with van der Waals surface area (Å²) in [4.78, 5) is 44.8. The molecule has 0 heterocycles. The number of hydrogen-bond donors (Lipinski definition) is 4. The van der Waals surface area contributed by atoms with Crippen molar-refractivity contribution in [3.05, 3.63) is 34.9 Å². The number of carbonyl (C=O) groups is 4. The minimum absolute atomic E-state index is 0.0672. The van der Waals surface area contributed by atoms with E-state index in [4.69, 9.17) is 15.3 Å². The molecular weight excluding hydrogens is 320 g/mol. The Morgan fingerprint density at radius 1 is 0.792 bits per heavy atom. The van der Waals surface area contributed by atoms with Gasteiger partial charge in [-0.3, -0.25) is 9.59 Å². The molecule has 1 fully saturated rings. The van der Waals surface area contributed by atoms with Gasteiger partial charge in [0, 0.05) is 0 Å². The van der Waals surface area contributed by atoms with E-state index in [1.807, 2.05) is 0 Å². The van der Waals surface area contributed by atoms with Crippen LogP contribution in [-0.4, -0.2) is 44.3 Å². The highest BCUT2D eigenvalue weighted by Crippen LogP contribution is 2.40. The van der Waals surface area contributed by atoms with Crippen LogP contribution in [0, 0.1) is 11.8 Å². The van der Waals surface area contributed by atoms with Crippen LogP contribution in [0.3, 0.4) is 0 Å². The molecule has 1 aliphatic carbocycles. The Labute approximate surface area is 136 Å². The SMILES string of the molecule is O=C(O)c1ccc(C2CCC(C(=O)O)C(C(=O)O)C2)cc1C(=O)O. The Kier molecular flexibility index (Phi) is 4.87. The number of aliphatic carboxylic acids is 2. The summed E-state index contributed by atoms with van der Waals surface area (Å²) < 4.78 is 0. The summed E-state index contributed by atoms with van der Waals surface area (Å²) in [6.07, 6.45) is 0.629. The molecule has 0 radical (unpaired) electrons. The fourth-order valence-corrected chi connectivity index (χ4v) is 3.22. The van der Waals surface area contributed by atoms with Gasteiger partial charge in [0.05, 0.1) is 23.0 Å². The Balaban J connectivity index is 2.34. The lowest BCUT2D eigenvalue weighted by molar-refractivity contribution is -0.155. The largest absolute Gasteiger partial charge is 0.481 e. The van der Waals surface area contributed by atoms with Crippen molar-refractivity contribution >= 4 is 23.9 Å². The highest BCUT2D eigenvalue weighted by molar-refractivity contribution is 6.01. The van der Waals surface area contributed by atoms with Crippen LogP contribution in [0.15, 0.2) is 18.2 Å². The first kappa shape index (κ1) is 17.5.